The van der Waals surface area contributed by atoms with Crippen LogP contribution in [0, 0.1) is 41.7 Å². The Balaban J connectivity index is 1.29. The van der Waals surface area contributed by atoms with E-state index >= 15 is 4.39 Å². The summed E-state index contributed by atoms with van der Waals surface area (Å²) in [5.74, 6) is -0.244. The minimum atomic E-state index is -0.919. The van der Waals surface area contributed by atoms with Gasteiger partial charge in [0.15, 0.2) is 5.82 Å². The average Bonchev–Trinajstić information content (AvgIpc) is 3.72. The van der Waals surface area contributed by atoms with Crippen molar-refractivity contribution >= 4 is 43.1 Å². The summed E-state index contributed by atoms with van der Waals surface area (Å²) in [7, 11) is 0. The summed E-state index contributed by atoms with van der Waals surface area (Å²) >= 11 is 0.964. The summed E-state index contributed by atoms with van der Waals surface area (Å²) in [4.78, 5) is 13.7. The molecule has 12 heteroatoms. The van der Waals surface area contributed by atoms with Crippen LogP contribution in [-0.4, -0.2) is 70.6 Å². The number of hydrogen-bond donors (Lipinski definition) is 2. The van der Waals surface area contributed by atoms with Crippen LogP contribution in [0.1, 0.15) is 43.2 Å². The first-order valence-electron chi connectivity index (χ1n) is 15.5. The fourth-order valence-electron chi connectivity index (χ4n) is 8.51. The number of rotatable bonds is 5. The highest BCUT2D eigenvalue weighted by Crippen LogP contribution is 2.46. The van der Waals surface area contributed by atoms with Gasteiger partial charge >= 0.3 is 6.01 Å². The zero-order valence-corrected chi connectivity index (χ0v) is 25.6. The summed E-state index contributed by atoms with van der Waals surface area (Å²) in [5.41, 5.74) is 6.93. The molecule has 3 N–H and O–H groups in total. The van der Waals surface area contributed by atoms with E-state index < -0.39 is 23.3 Å². The summed E-state index contributed by atoms with van der Waals surface area (Å²) in [6, 6.07) is 6.65. The van der Waals surface area contributed by atoms with Gasteiger partial charge in [-0.1, -0.05) is 6.07 Å². The maximum atomic E-state index is 17.0. The summed E-state index contributed by atoms with van der Waals surface area (Å²) < 4.78 is 52.8. The van der Waals surface area contributed by atoms with Gasteiger partial charge in [-0.25, -0.2) is 13.2 Å². The predicted molar refractivity (Wildman–Crippen MR) is 167 cm³/mol. The van der Waals surface area contributed by atoms with E-state index in [1.165, 1.54) is 12.1 Å². The standard InChI is InChI=1S/C33H33F3N6O2S/c1-16-7-21-28(27(36)25(16)20-3-4-23(35)29-26(20)22(11-37)30(38)45-29)39-32(44-15-33-5-2-6-42(33)14-19(34)10-33)40-31(21)41-12-17-8-18(13-41)24(43)9-17/h3-4,7,17-19,24,43H,2,5-6,8-10,12-15,38H2,1H3/t17-,18-,19-,24-,33+/m1/s1. The SMILES string of the molecule is Cc1cc2c(N3C[C@@H]4C[C@H](C3)[C@H](O)C4)nc(OC[C@@]34CCCN3C[C@H](F)C4)nc2c(F)c1-c1ccc(F)c2sc(N)c(C#N)c12. The van der Waals surface area contributed by atoms with Crippen molar-refractivity contribution in [2.75, 3.05) is 43.4 Å². The van der Waals surface area contributed by atoms with Gasteiger partial charge in [-0.2, -0.15) is 15.2 Å². The van der Waals surface area contributed by atoms with E-state index in [0.29, 0.717) is 54.3 Å². The molecule has 234 valence electrons. The highest BCUT2D eigenvalue weighted by Gasteiger charge is 2.49. The monoisotopic (exact) mass is 634 g/mol. The lowest BCUT2D eigenvalue weighted by Gasteiger charge is -2.34. The predicted octanol–water partition coefficient (Wildman–Crippen LogP) is 5.71. The van der Waals surface area contributed by atoms with Crippen LogP contribution in [0.3, 0.4) is 0 Å². The Morgan fingerprint density at radius 2 is 2.07 bits per heavy atom. The lowest BCUT2D eigenvalue weighted by atomic mass is 9.93. The number of anilines is 2. The van der Waals surface area contributed by atoms with Crippen molar-refractivity contribution in [3.05, 3.63) is 41.0 Å². The Morgan fingerprint density at radius 3 is 2.87 bits per heavy atom. The van der Waals surface area contributed by atoms with Crippen LogP contribution in [0.25, 0.3) is 32.1 Å². The highest BCUT2D eigenvalue weighted by atomic mass is 32.1. The van der Waals surface area contributed by atoms with E-state index in [-0.39, 0.29) is 56.4 Å². The maximum Gasteiger partial charge on any atom is 0.319 e. The average molecular weight is 635 g/mol. The van der Waals surface area contributed by atoms with Crippen LogP contribution in [-0.2, 0) is 0 Å². The van der Waals surface area contributed by atoms with E-state index in [9.17, 15) is 19.1 Å². The smallest absolute Gasteiger partial charge is 0.319 e. The lowest BCUT2D eigenvalue weighted by molar-refractivity contribution is 0.107. The van der Waals surface area contributed by atoms with Crippen molar-refractivity contribution < 1.29 is 23.0 Å². The molecule has 5 atom stereocenters. The van der Waals surface area contributed by atoms with E-state index in [4.69, 9.17) is 15.5 Å². The molecule has 8 nitrogen and oxygen atoms in total. The molecule has 0 unspecified atom stereocenters. The number of aliphatic hydroxyl groups is 1. The Hall–Kier alpha value is -3.66. The van der Waals surface area contributed by atoms with Crippen molar-refractivity contribution in [2.45, 2.75) is 56.8 Å². The summed E-state index contributed by atoms with van der Waals surface area (Å²) in [6.07, 6.45) is 2.51. The van der Waals surface area contributed by atoms with E-state index in [2.05, 4.69) is 20.9 Å². The Labute approximate surface area is 262 Å². The third kappa shape index (κ3) is 4.46. The number of nitrogens with zero attached hydrogens (tertiary/aromatic N) is 5. The topological polar surface area (TPSA) is 112 Å². The van der Waals surface area contributed by atoms with Crippen molar-refractivity contribution in [1.82, 2.24) is 14.9 Å². The highest BCUT2D eigenvalue weighted by molar-refractivity contribution is 7.23. The third-order valence-electron chi connectivity index (χ3n) is 10.5. The molecule has 0 radical (unpaired) electrons. The second-order valence-electron chi connectivity index (χ2n) is 13.3. The number of hydrogen-bond acceptors (Lipinski definition) is 9. The number of thiophene rings is 1. The minimum Gasteiger partial charge on any atom is -0.461 e. The second kappa shape index (κ2) is 10.4. The summed E-state index contributed by atoms with van der Waals surface area (Å²) in [6.45, 7) is 4.40. The van der Waals surface area contributed by atoms with Crippen LogP contribution in [0.5, 0.6) is 6.01 Å². The molecule has 2 bridgehead atoms. The van der Waals surface area contributed by atoms with Crippen LogP contribution in [0.15, 0.2) is 18.2 Å². The van der Waals surface area contributed by atoms with Crippen molar-refractivity contribution in [2.24, 2.45) is 11.8 Å². The Kier molecular flexibility index (Phi) is 6.68. The number of aryl methyl sites for hydroxylation is 1. The number of aliphatic hydroxyl groups excluding tert-OH is 1. The van der Waals surface area contributed by atoms with E-state index in [1.54, 1.807) is 6.92 Å². The zero-order valence-electron chi connectivity index (χ0n) is 24.8. The number of fused-ring (bicyclic) bond motifs is 5. The second-order valence-corrected chi connectivity index (χ2v) is 14.3. The molecule has 0 amide bonds. The van der Waals surface area contributed by atoms with Gasteiger partial charge in [-0.15, -0.1) is 11.3 Å². The molecule has 1 aliphatic carbocycles. The van der Waals surface area contributed by atoms with Crippen molar-refractivity contribution in [3.63, 3.8) is 0 Å². The molecule has 45 heavy (non-hydrogen) atoms. The first kappa shape index (κ1) is 28.8. The normalized spacial score (nSPS) is 27.9. The molecule has 4 fully saturated rings. The molecule has 2 aromatic heterocycles. The summed E-state index contributed by atoms with van der Waals surface area (Å²) in [5, 5.41) is 21.4. The molecule has 2 aromatic carbocycles. The van der Waals surface area contributed by atoms with Gasteiger partial charge in [0.1, 0.15) is 41.0 Å². The molecule has 0 spiro atoms. The largest absolute Gasteiger partial charge is 0.461 e. The molecular formula is C33H33F3N6O2S. The Bertz CT molecular complexity index is 1910. The van der Waals surface area contributed by atoms with E-state index in [1.807, 2.05) is 6.07 Å². The van der Waals surface area contributed by atoms with Gasteiger partial charge in [0, 0.05) is 48.3 Å². The van der Waals surface area contributed by atoms with Crippen molar-refractivity contribution in [3.8, 4) is 23.2 Å². The van der Waals surface area contributed by atoms with Gasteiger partial charge in [-0.3, -0.25) is 4.90 Å². The molecule has 4 aromatic rings. The molecule has 4 aliphatic rings. The molecule has 3 saturated heterocycles. The number of nitrogens with two attached hydrogens (primary N) is 1. The van der Waals surface area contributed by atoms with Gasteiger partial charge in [0.25, 0.3) is 0 Å². The van der Waals surface area contributed by atoms with Gasteiger partial charge < -0.3 is 20.5 Å². The van der Waals surface area contributed by atoms with Gasteiger partial charge in [-0.05, 0) is 68.3 Å². The number of piperidine rings is 1. The minimum absolute atomic E-state index is 0.00921. The number of benzene rings is 2. The number of nitrogen functional groups attached to an aromatic ring is 1. The zero-order chi connectivity index (χ0) is 31.2. The molecule has 1 saturated carbocycles. The molecule has 8 rings (SSSR count). The quantitative estimate of drug-likeness (QED) is 0.287. The van der Waals surface area contributed by atoms with Crippen LogP contribution >= 0.6 is 11.3 Å². The first-order valence-corrected chi connectivity index (χ1v) is 16.3. The fourth-order valence-corrected chi connectivity index (χ4v) is 9.46. The molecule has 3 aliphatic heterocycles. The first-order chi connectivity index (χ1) is 21.7. The van der Waals surface area contributed by atoms with Gasteiger partial charge in [0.2, 0.25) is 0 Å². The maximum absolute atomic E-state index is 17.0. The number of halogens is 3. The van der Waals surface area contributed by atoms with E-state index in [0.717, 1.165) is 43.6 Å². The number of alkyl halides is 1. The van der Waals surface area contributed by atoms with Crippen molar-refractivity contribution in [1.29, 1.82) is 5.26 Å². The van der Waals surface area contributed by atoms with Crippen LogP contribution in [0.2, 0.25) is 0 Å². The van der Waals surface area contributed by atoms with Crippen LogP contribution < -0.4 is 15.4 Å². The Morgan fingerprint density at radius 1 is 1.22 bits per heavy atom. The molecule has 5 heterocycles. The molecular weight excluding hydrogens is 601 g/mol. The van der Waals surface area contributed by atoms with Crippen LogP contribution in [0.4, 0.5) is 24.0 Å². The fraction of sp³-hybridized carbons (Fsp3) is 0.485. The van der Waals surface area contributed by atoms with Gasteiger partial charge in [0.05, 0.1) is 21.9 Å². The number of nitriles is 1. The number of aromatic nitrogens is 2. The lowest BCUT2D eigenvalue weighted by Crippen LogP contribution is -2.43. The number of ether oxygens (including phenoxy) is 1. The third-order valence-corrected chi connectivity index (χ3v) is 11.5.